The first-order valence-corrected chi connectivity index (χ1v) is 11.6. The van der Waals surface area contributed by atoms with Crippen molar-refractivity contribution < 1.29 is 23.8 Å². The Morgan fingerprint density at radius 1 is 0.889 bits per heavy atom. The molecular weight excluding hydrogens is 480 g/mol. The van der Waals surface area contributed by atoms with Crippen LogP contribution < -0.4 is 19.6 Å². The Balaban J connectivity index is 1.49. The van der Waals surface area contributed by atoms with Crippen LogP contribution in [0.25, 0.3) is 10.8 Å². The minimum absolute atomic E-state index is 0.268. The third kappa shape index (κ3) is 6.20. The summed E-state index contributed by atoms with van der Waals surface area (Å²) in [5.41, 5.74) is 3.34. The fourth-order valence-corrected chi connectivity index (χ4v) is 3.61. The lowest BCUT2D eigenvalue weighted by molar-refractivity contribution is -0.123. The average molecular weight is 503 g/mol. The van der Waals surface area contributed by atoms with Gasteiger partial charge in [-0.25, -0.2) is 10.2 Å². The molecule has 0 bridgehead atoms. The summed E-state index contributed by atoms with van der Waals surface area (Å²) in [6, 6.07) is 24.7. The van der Waals surface area contributed by atoms with Gasteiger partial charge in [-0.05, 0) is 60.2 Å². The van der Waals surface area contributed by atoms with E-state index in [-0.39, 0.29) is 6.61 Å². The molecule has 4 aromatic rings. The van der Waals surface area contributed by atoms with Gasteiger partial charge in [0, 0.05) is 5.56 Å². The van der Waals surface area contributed by atoms with Gasteiger partial charge in [-0.2, -0.15) is 5.10 Å². The van der Waals surface area contributed by atoms with Gasteiger partial charge in [0.25, 0.3) is 5.91 Å². The lowest BCUT2D eigenvalue weighted by Crippen LogP contribution is -2.24. The number of hydrogen-bond acceptors (Lipinski definition) is 6. The number of carbonyl (C=O) groups is 2. The number of carbonyl (C=O) groups excluding carboxylic acids is 2. The summed E-state index contributed by atoms with van der Waals surface area (Å²) >= 11 is 6.04. The van der Waals surface area contributed by atoms with Crippen molar-refractivity contribution in [3.05, 3.63) is 101 Å². The molecule has 7 nitrogen and oxygen atoms in total. The molecule has 8 heteroatoms. The van der Waals surface area contributed by atoms with Crippen LogP contribution >= 0.6 is 11.6 Å². The summed E-state index contributed by atoms with van der Waals surface area (Å²) in [4.78, 5) is 25.0. The zero-order chi connectivity index (χ0) is 25.3. The summed E-state index contributed by atoms with van der Waals surface area (Å²) in [6.07, 6.45) is 1.44. The number of rotatable bonds is 9. The predicted molar refractivity (Wildman–Crippen MR) is 139 cm³/mol. The molecule has 0 unspecified atom stereocenters. The van der Waals surface area contributed by atoms with Crippen molar-refractivity contribution in [1.82, 2.24) is 5.43 Å². The van der Waals surface area contributed by atoms with Crippen LogP contribution in [-0.4, -0.2) is 31.3 Å². The minimum Gasteiger partial charge on any atom is -0.494 e. The number of hydrogen-bond donors (Lipinski definition) is 1. The zero-order valence-corrected chi connectivity index (χ0v) is 20.2. The minimum atomic E-state index is -0.528. The van der Waals surface area contributed by atoms with E-state index < -0.39 is 11.9 Å². The highest BCUT2D eigenvalue weighted by Crippen LogP contribution is 2.28. The third-order valence-electron chi connectivity index (χ3n) is 5.11. The van der Waals surface area contributed by atoms with E-state index >= 15 is 0 Å². The number of halogens is 1. The van der Waals surface area contributed by atoms with E-state index in [0.29, 0.717) is 40.0 Å². The van der Waals surface area contributed by atoms with Crippen molar-refractivity contribution in [2.45, 2.75) is 6.92 Å². The SMILES string of the molecule is CCOc1ccc(C(=O)Oc2ccc3ccccc3c2/C=N\NC(=O)COc2ccccc2Cl)cc1. The van der Waals surface area contributed by atoms with Gasteiger partial charge in [0.15, 0.2) is 6.61 Å². The first kappa shape index (κ1) is 24.8. The maximum absolute atomic E-state index is 12.8. The van der Waals surface area contributed by atoms with Crippen molar-refractivity contribution in [1.29, 1.82) is 0 Å². The van der Waals surface area contributed by atoms with Crippen LogP contribution in [-0.2, 0) is 4.79 Å². The monoisotopic (exact) mass is 502 g/mol. The van der Waals surface area contributed by atoms with Crippen LogP contribution in [0.15, 0.2) is 90.0 Å². The smallest absolute Gasteiger partial charge is 0.343 e. The van der Waals surface area contributed by atoms with E-state index in [4.69, 9.17) is 25.8 Å². The Bertz CT molecular complexity index is 1400. The van der Waals surface area contributed by atoms with Crippen molar-refractivity contribution in [3.8, 4) is 17.2 Å². The lowest BCUT2D eigenvalue weighted by Gasteiger charge is -2.11. The third-order valence-corrected chi connectivity index (χ3v) is 5.42. The van der Waals surface area contributed by atoms with Crippen LogP contribution in [0, 0.1) is 0 Å². The first-order valence-electron chi connectivity index (χ1n) is 11.2. The highest BCUT2D eigenvalue weighted by Gasteiger charge is 2.14. The fraction of sp³-hybridized carbons (Fsp3) is 0.107. The van der Waals surface area contributed by atoms with Crippen molar-refractivity contribution in [2.75, 3.05) is 13.2 Å². The number of ether oxygens (including phenoxy) is 3. The molecule has 0 atom stereocenters. The fourth-order valence-electron chi connectivity index (χ4n) is 3.42. The molecule has 0 radical (unpaired) electrons. The molecule has 0 fully saturated rings. The standard InChI is InChI=1S/C28H23ClN2O5/c1-2-34-21-14-11-20(12-15-21)28(33)36-25-16-13-19-7-3-4-8-22(19)23(25)17-30-31-27(32)18-35-26-10-6-5-9-24(26)29/h3-17H,2,18H2,1H3,(H,31,32)/b30-17-. The van der Waals surface area contributed by atoms with E-state index in [1.807, 2.05) is 37.3 Å². The first-order chi connectivity index (χ1) is 17.5. The second-order valence-corrected chi connectivity index (χ2v) is 7.96. The molecular formula is C28H23ClN2O5. The number of hydrazone groups is 1. The van der Waals surface area contributed by atoms with Crippen LogP contribution in [0.1, 0.15) is 22.8 Å². The van der Waals surface area contributed by atoms with E-state index in [2.05, 4.69) is 10.5 Å². The van der Waals surface area contributed by atoms with Gasteiger partial charge >= 0.3 is 5.97 Å². The Labute approximate surface area is 213 Å². The van der Waals surface area contributed by atoms with Gasteiger partial charge in [0.1, 0.15) is 17.2 Å². The second kappa shape index (κ2) is 11.9. The van der Waals surface area contributed by atoms with Gasteiger partial charge in [-0.15, -0.1) is 0 Å². The van der Waals surface area contributed by atoms with Crippen molar-refractivity contribution in [2.24, 2.45) is 5.10 Å². The summed E-state index contributed by atoms with van der Waals surface area (Å²) in [6.45, 7) is 2.15. The molecule has 4 rings (SSSR count). The van der Waals surface area contributed by atoms with E-state index in [1.165, 1.54) is 6.21 Å². The van der Waals surface area contributed by atoms with Crippen LogP contribution in [0.3, 0.4) is 0 Å². The number of esters is 1. The number of nitrogens with zero attached hydrogens (tertiary/aromatic N) is 1. The molecule has 36 heavy (non-hydrogen) atoms. The molecule has 0 saturated carbocycles. The Hall–Kier alpha value is -4.36. The molecule has 4 aromatic carbocycles. The van der Waals surface area contributed by atoms with Gasteiger partial charge < -0.3 is 14.2 Å². The molecule has 182 valence electrons. The molecule has 0 aliphatic rings. The average Bonchev–Trinajstić information content (AvgIpc) is 2.90. The number of fused-ring (bicyclic) bond motifs is 1. The number of nitrogens with one attached hydrogen (secondary N) is 1. The summed E-state index contributed by atoms with van der Waals surface area (Å²) in [5.74, 6) is 0.370. The van der Waals surface area contributed by atoms with Gasteiger partial charge in [-0.3, -0.25) is 4.79 Å². The number of benzene rings is 4. The summed E-state index contributed by atoms with van der Waals surface area (Å²) < 4.78 is 16.5. The van der Waals surface area contributed by atoms with Gasteiger partial charge in [-0.1, -0.05) is 54.1 Å². The summed E-state index contributed by atoms with van der Waals surface area (Å²) in [7, 11) is 0. The van der Waals surface area contributed by atoms with Gasteiger partial charge in [0.05, 0.1) is 23.4 Å². The number of para-hydroxylation sites is 1. The molecule has 0 spiro atoms. The van der Waals surface area contributed by atoms with Crippen LogP contribution in [0.2, 0.25) is 5.02 Å². The molecule has 0 aliphatic heterocycles. The second-order valence-electron chi connectivity index (χ2n) is 7.56. The van der Waals surface area contributed by atoms with Crippen molar-refractivity contribution in [3.63, 3.8) is 0 Å². The zero-order valence-electron chi connectivity index (χ0n) is 19.4. The quantitative estimate of drug-likeness (QED) is 0.138. The largest absolute Gasteiger partial charge is 0.494 e. The number of amides is 1. The van der Waals surface area contributed by atoms with E-state index in [1.54, 1.807) is 54.6 Å². The topological polar surface area (TPSA) is 86.2 Å². The van der Waals surface area contributed by atoms with E-state index in [0.717, 1.165) is 10.8 Å². The van der Waals surface area contributed by atoms with Gasteiger partial charge in [0.2, 0.25) is 0 Å². The summed E-state index contributed by atoms with van der Waals surface area (Å²) in [5, 5.41) is 6.19. The van der Waals surface area contributed by atoms with Crippen LogP contribution in [0.5, 0.6) is 17.2 Å². The Morgan fingerprint density at radius 3 is 2.42 bits per heavy atom. The highest BCUT2D eigenvalue weighted by atomic mass is 35.5. The van der Waals surface area contributed by atoms with Crippen molar-refractivity contribution >= 4 is 40.5 Å². The molecule has 0 saturated heterocycles. The molecule has 1 amide bonds. The lowest BCUT2D eigenvalue weighted by atomic mass is 10.0. The normalized spacial score (nSPS) is 10.8. The Kier molecular flexibility index (Phi) is 8.16. The molecule has 0 aromatic heterocycles. The Morgan fingerprint density at radius 2 is 1.64 bits per heavy atom. The van der Waals surface area contributed by atoms with Crippen LogP contribution in [0.4, 0.5) is 0 Å². The maximum atomic E-state index is 12.8. The highest BCUT2D eigenvalue weighted by molar-refractivity contribution is 6.32. The maximum Gasteiger partial charge on any atom is 0.343 e. The van der Waals surface area contributed by atoms with E-state index in [9.17, 15) is 9.59 Å². The molecule has 1 N–H and O–H groups in total. The predicted octanol–water partition coefficient (Wildman–Crippen LogP) is 5.64. The molecule has 0 aliphatic carbocycles. The molecule has 0 heterocycles.